The number of rotatable bonds is 3. The lowest BCUT2D eigenvalue weighted by Gasteiger charge is -2.45. The molecule has 0 aromatic heterocycles. The van der Waals surface area contributed by atoms with Gasteiger partial charge in [-0.2, -0.15) is 0 Å². The molecule has 2 aromatic carbocycles. The monoisotopic (exact) mass is 420 g/mol. The second-order valence-electron chi connectivity index (χ2n) is 8.82. The van der Waals surface area contributed by atoms with E-state index in [1.807, 2.05) is 41.3 Å². The van der Waals surface area contributed by atoms with Crippen molar-refractivity contribution in [2.45, 2.75) is 37.7 Å². The Labute approximate surface area is 182 Å². The molecule has 1 atom stereocenters. The summed E-state index contributed by atoms with van der Waals surface area (Å²) in [7, 11) is 1.62. The van der Waals surface area contributed by atoms with Crippen molar-refractivity contribution in [2.75, 3.05) is 31.6 Å². The van der Waals surface area contributed by atoms with Crippen LogP contribution >= 0.6 is 0 Å². The topological polar surface area (TPSA) is 59.1 Å². The average molecular weight is 421 g/mol. The molecule has 3 aliphatic rings. The van der Waals surface area contributed by atoms with E-state index < -0.39 is 0 Å². The molecular formula is C25H28N2O4. The van der Waals surface area contributed by atoms with Gasteiger partial charge in [-0.3, -0.25) is 9.59 Å². The van der Waals surface area contributed by atoms with Crippen LogP contribution < -0.4 is 14.4 Å². The van der Waals surface area contributed by atoms with Gasteiger partial charge in [0.25, 0.3) is 0 Å². The first-order valence-electron chi connectivity index (χ1n) is 11.1. The van der Waals surface area contributed by atoms with Gasteiger partial charge < -0.3 is 19.3 Å². The number of piperidine rings is 1. The minimum atomic E-state index is -0.281. The molecule has 1 unspecified atom stereocenters. The van der Waals surface area contributed by atoms with Gasteiger partial charge in [0.05, 0.1) is 13.0 Å². The van der Waals surface area contributed by atoms with E-state index in [1.54, 1.807) is 12.0 Å². The number of likely N-dealkylation sites (tertiary alicyclic amines) is 1. The summed E-state index contributed by atoms with van der Waals surface area (Å²) in [4.78, 5) is 29.4. The maximum absolute atomic E-state index is 13.2. The van der Waals surface area contributed by atoms with E-state index >= 15 is 0 Å². The number of benzene rings is 2. The van der Waals surface area contributed by atoms with Crippen LogP contribution in [0.1, 0.15) is 31.2 Å². The molecule has 0 aliphatic carbocycles. The molecule has 0 N–H and O–H groups in total. The number of carbonyl (C=O) groups is 2. The van der Waals surface area contributed by atoms with Gasteiger partial charge in [0.1, 0.15) is 17.1 Å². The lowest BCUT2D eigenvalue weighted by molar-refractivity contribution is -0.139. The molecule has 6 nitrogen and oxygen atoms in total. The Morgan fingerprint density at radius 3 is 2.55 bits per heavy atom. The highest BCUT2D eigenvalue weighted by Gasteiger charge is 2.43. The molecule has 2 saturated heterocycles. The fourth-order valence-corrected chi connectivity index (χ4v) is 5.09. The van der Waals surface area contributed by atoms with Crippen molar-refractivity contribution in [1.29, 1.82) is 0 Å². The highest BCUT2D eigenvalue weighted by atomic mass is 16.5. The number of methoxy groups -OCH3 is 1. The molecule has 2 fully saturated rings. The van der Waals surface area contributed by atoms with Gasteiger partial charge in [-0.25, -0.2) is 0 Å². The Bertz CT molecular complexity index is 979. The zero-order valence-electron chi connectivity index (χ0n) is 17.9. The van der Waals surface area contributed by atoms with Crippen LogP contribution in [0.4, 0.5) is 5.69 Å². The summed E-state index contributed by atoms with van der Waals surface area (Å²) in [6.45, 7) is 1.82. The molecule has 3 aliphatic heterocycles. The molecule has 0 saturated carbocycles. The summed E-state index contributed by atoms with van der Waals surface area (Å²) in [6.07, 6.45) is 3.99. The number of carbonyl (C=O) groups excluding carboxylic acids is 2. The van der Waals surface area contributed by atoms with Crippen LogP contribution in [-0.2, 0) is 16.0 Å². The van der Waals surface area contributed by atoms with Crippen LogP contribution in [0.5, 0.6) is 11.5 Å². The van der Waals surface area contributed by atoms with E-state index in [0.29, 0.717) is 19.6 Å². The highest BCUT2D eigenvalue weighted by Crippen LogP contribution is 2.39. The molecule has 5 rings (SSSR count). The molecule has 3 heterocycles. The van der Waals surface area contributed by atoms with E-state index in [-0.39, 0.29) is 29.8 Å². The molecular weight excluding hydrogens is 392 g/mol. The van der Waals surface area contributed by atoms with Crippen molar-refractivity contribution >= 4 is 17.5 Å². The van der Waals surface area contributed by atoms with Gasteiger partial charge in [0, 0.05) is 44.6 Å². The Morgan fingerprint density at radius 1 is 1.06 bits per heavy atom. The SMILES string of the molecule is COc1ccc(N2CC(C(=O)N3CCC4(CCc5ccccc5O4)CC3)CC2=O)cc1. The largest absolute Gasteiger partial charge is 0.497 e. The molecule has 2 amide bonds. The minimum absolute atomic E-state index is 0.00391. The van der Waals surface area contributed by atoms with Crippen molar-refractivity contribution in [1.82, 2.24) is 4.90 Å². The molecule has 162 valence electrons. The Morgan fingerprint density at radius 2 is 1.81 bits per heavy atom. The molecule has 1 spiro atoms. The van der Waals surface area contributed by atoms with Crippen LogP contribution in [0.25, 0.3) is 0 Å². The third-order valence-corrected chi connectivity index (χ3v) is 6.99. The van der Waals surface area contributed by atoms with Gasteiger partial charge >= 0.3 is 0 Å². The second kappa shape index (κ2) is 7.91. The number of ether oxygens (including phenoxy) is 2. The number of amides is 2. The highest BCUT2D eigenvalue weighted by molar-refractivity contribution is 6.00. The first-order valence-corrected chi connectivity index (χ1v) is 11.1. The van der Waals surface area contributed by atoms with Gasteiger partial charge in [-0.1, -0.05) is 18.2 Å². The Balaban J connectivity index is 1.20. The summed E-state index contributed by atoms with van der Waals surface area (Å²) >= 11 is 0. The third kappa shape index (κ3) is 3.75. The molecule has 31 heavy (non-hydrogen) atoms. The number of anilines is 1. The van der Waals surface area contributed by atoms with Crippen LogP contribution in [-0.4, -0.2) is 49.1 Å². The maximum Gasteiger partial charge on any atom is 0.228 e. The predicted molar refractivity (Wildman–Crippen MR) is 117 cm³/mol. The zero-order valence-corrected chi connectivity index (χ0v) is 17.9. The molecule has 0 radical (unpaired) electrons. The first-order chi connectivity index (χ1) is 15.1. The Hall–Kier alpha value is -3.02. The van der Waals surface area contributed by atoms with Gasteiger partial charge in [-0.05, 0) is 48.7 Å². The predicted octanol–water partition coefficient (Wildman–Crippen LogP) is 3.43. The maximum atomic E-state index is 13.2. The minimum Gasteiger partial charge on any atom is -0.497 e. The van der Waals surface area contributed by atoms with Crippen LogP contribution in [0.2, 0.25) is 0 Å². The number of fused-ring (bicyclic) bond motifs is 1. The number of aryl methyl sites for hydroxylation is 1. The molecule has 2 aromatic rings. The number of para-hydroxylation sites is 1. The smallest absolute Gasteiger partial charge is 0.228 e. The zero-order chi connectivity index (χ0) is 21.4. The van der Waals surface area contributed by atoms with E-state index in [1.165, 1.54) is 5.56 Å². The summed E-state index contributed by atoms with van der Waals surface area (Å²) in [6, 6.07) is 15.7. The fourth-order valence-electron chi connectivity index (χ4n) is 5.09. The Kier molecular flexibility index (Phi) is 5.08. The van der Waals surface area contributed by atoms with Crippen LogP contribution in [0.15, 0.2) is 48.5 Å². The van der Waals surface area contributed by atoms with E-state index in [9.17, 15) is 9.59 Å². The van der Waals surface area contributed by atoms with Crippen molar-refractivity contribution < 1.29 is 19.1 Å². The number of hydrogen-bond donors (Lipinski definition) is 0. The average Bonchev–Trinajstić information content (AvgIpc) is 3.20. The van der Waals surface area contributed by atoms with E-state index in [4.69, 9.17) is 9.47 Å². The lowest BCUT2D eigenvalue weighted by atomic mass is 9.83. The van der Waals surface area contributed by atoms with Crippen LogP contribution in [0, 0.1) is 5.92 Å². The lowest BCUT2D eigenvalue weighted by Crippen LogP contribution is -2.52. The summed E-state index contributed by atoms with van der Waals surface area (Å²) < 4.78 is 11.6. The standard InChI is InChI=1S/C25H28N2O4/c1-30-21-8-6-20(7-9-21)27-17-19(16-23(27)28)24(29)26-14-12-25(13-15-26)11-10-18-4-2-3-5-22(18)31-25/h2-9,19H,10-17H2,1H3. The van der Waals surface area contributed by atoms with E-state index in [0.717, 1.165) is 42.9 Å². The van der Waals surface area contributed by atoms with Crippen LogP contribution in [0.3, 0.4) is 0 Å². The summed E-state index contributed by atoms with van der Waals surface area (Å²) in [5.41, 5.74) is 1.92. The quantitative estimate of drug-likeness (QED) is 0.763. The van der Waals surface area contributed by atoms with E-state index in [2.05, 4.69) is 12.1 Å². The van der Waals surface area contributed by atoms with Crippen molar-refractivity contribution in [2.24, 2.45) is 5.92 Å². The number of nitrogens with zero attached hydrogens (tertiary/aromatic N) is 2. The summed E-state index contributed by atoms with van der Waals surface area (Å²) in [5.74, 6) is 1.55. The van der Waals surface area contributed by atoms with Gasteiger partial charge in [-0.15, -0.1) is 0 Å². The molecule has 0 bridgehead atoms. The first kappa shape index (κ1) is 19.9. The molecule has 6 heteroatoms. The van der Waals surface area contributed by atoms with Crippen molar-refractivity contribution in [3.8, 4) is 11.5 Å². The second-order valence-corrected chi connectivity index (χ2v) is 8.82. The normalized spacial score (nSPS) is 22.2. The van der Waals surface area contributed by atoms with Gasteiger partial charge in [0.15, 0.2) is 0 Å². The third-order valence-electron chi connectivity index (χ3n) is 6.99. The summed E-state index contributed by atoms with van der Waals surface area (Å²) in [5, 5.41) is 0. The van der Waals surface area contributed by atoms with Crippen molar-refractivity contribution in [3.63, 3.8) is 0 Å². The fraction of sp³-hybridized carbons (Fsp3) is 0.440. The number of hydrogen-bond acceptors (Lipinski definition) is 4. The van der Waals surface area contributed by atoms with Gasteiger partial charge in [0.2, 0.25) is 11.8 Å². The van der Waals surface area contributed by atoms with Crippen molar-refractivity contribution in [3.05, 3.63) is 54.1 Å².